The molecule has 0 amide bonds. The molecule has 0 bridgehead atoms. The second-order valence-electron chi connectivity index (χ2n) is 5.66. The van der Waals surface area contributed by atoms with Crippen molar-refractivity contribution in [3.63, 3.8) is 0 Å². The van der Waals surface area contributed by atoms with E-state index in [-0.39, 0.29) is 0 Å². The fourth-order valence-electron chi connectivity index (χ4n) is 2.57. The molecule has 1 aliphatic rings. The number of hydrogen-bond donors (Lipinski definition) is 1. The number of hydrogen-bond acceptors (Lipinski definition) is 2. The highest BCUT2D eigenvalue weighted by molar-refractivity contribution is 4.91. The van der Waals surface area contributed by atoms with E-state index in [1.54, 1.807) is 0 Å². The van der Waals surface area contributed by atoms with Crippen LogP contribution in [0.1, 0.15) is 59.8 Å². The number of piperazine rings is 1. The van der Waals surface area contributed by atoms with E-state index in [9.17, 15) is 0 Å². The first-order valence-corrected chi connectivity index (χ1v) is 7.10. The first kappa shape index (κ1) is 14.0. The molecule has 1 rings (SSSR count). The van der Waals surface area contributed by atoms with Gasteiger partial charge in [0.1, 0.15) is 0 Å². The second kappa shape index (κ2) is 6.61. The van der Waals surface area contributed by atoms with Crippen LogP contribution in [0.4, 0.5) is 0 Å². The molecule has 0 aromatic rings. The maximum absolute atomic E-state index is 3.66. The molecule has 1 aliphatic heterocycles. The van der Waals surface area contributed by atoms with Crippen LogP contribution in [0.25, 0.3) is 0 Å². The standard InChI is InChI=1S/C14H30N2/c1-5-7-8-9-13(3)16-11-10-15-14(4,6-2)12-16/h13,15H,5-12H2,1-4H3. The Morgan fingerprint density at radius 3 is 2.69 bits per heavy atom. The molecule has 96 valence electrons. The highest BCUT2D eigenvalue weighted by Gasteiger charge is 2.30. The molecule has 0 radical (unpaired) electrons. The van der Waals surface area contributed by atoms with Gasteiger partial charge in [-0.05, 0) is 26.7 Å². The molecule has 2 atom stereocenters. The smallest absolute Gasteiger partial charge is 0.0278 e. The lowest BCUT2D eigenvalue weighted by Crippen LogP contribution is -2.60. The molecular weight excluding hydrogens is 196 g/mol. The Morgan fingerprint density at radius 1 is 1.31 bits per heavy atom. The average Bonchev–Trinajstić information content (AvgIpc) is 2.29. The molecule has 0 aromatic heterocycles. The summed E-state index contributed by atoms with van der Waals surface area (Å²) in [6, 6.07) is 0.763. The minimum atomic E-state index is 0.345. The monoisotopic (exact) mass is 226 g/mol. The van der Waals surface area contributed by atoms with Crippen LogP contribution in [0.15, 0.2) is 0 Å². The van der Waals surface area contributed by atoms with E-state index in [1.165, 1.54) is 45.2 Å². The Morgan fingerprint density at radius 2 is 2.06 bits per heavy atom. The zero-order valence-corrected chi connectivity index (χ0v) is 11.7. The van der Waals surface area contributed by atoms with Gasteiger partial charge in [0.25, 0.3) is 0 Å². The lowest BCUT2D eigenvalue weighted by molar-refractivity contribution is 0.0995. The number of rotatable bonds is 6. The maximum Gasteiger partial charge on any atom is 0.0278 e. The molecule has 0 aliphatic carbocycles. The third-order valence-corrected chi connectivity index (χ3v) is 4.13. The predicted molar refractivity (Wildman–Crippen MR) is 71.9 cm³/mol. The van der Waals surface area contributed by atoms with Gasteiger partial charge in [-0.25, -0.2) is 0 Å². The first-order chi connectivity index (χ1) is 7.61. The van der Waals surface area contributed by atoms with Crippen LogP contribution in [-0.2, 0) is 0 Å². The van der Waals surface area contributed by atoms with Crippen molar-refractivity contribution in [1.82, 2.24) is 10.2 Å². The largest absolute Gasteiger partial charge is 0.309 e. The van der Waals surface area contributed by atoms with E-state index in [0.29, 0.717) is 5.54 Å². The first-order valence-electron chi connectivity index (χ1n) is 7.10. The maximum atomic E-state index is 3.66. The van der Waals surface area contributed by atoms with E-state index in [4.69, 9.17) is 0 Å². The summed E-state index contributed by atoms with van der Waals surface area (Å²) in [6.07, 6.45) is 6.71. The van der Waals surface area contributed by atoms with Crippen LogP contribution < -0.4 is 5.32 Å². The van der Waals surface area contributed by atoms with Crippen LogP contribution >= 0.6 is 0 Å². The summed E-state index contributed by atoms with van der Waals surface area (Å²) < 4.78 is 0. The molecular formula is C14H30N2. The normalized spacial score (nSPS) is 29.2. The van der Waals surface area contributed by atoms with Crippen molar-refractivity contribution in [3.05, 3.63) is 0 Å². The quantitative estimate of drug-likeness (QED) is 0.700. The summed E-state index contributed by atoms with van der Waals surface area (Å²) in [6.45, 7) is 12.9. The van der Waals surface area contributed by atoms with Crippen molar-refractivity contribution in [2.24, 2.45) is 0 Å². The SMILES string of the molecule is CCCCCC(C)N1CCNC(C)(CC)C1. The van der Waals surface area contributed by atoms with Crippen molar-refractivity contribution >= 4 is 0 Å². The van der Waals surface area contributed by atoms with Gasteiger partial charge in [0, 0.05) is 31.2 Å². The summed E-state index contributed by atoms with van der Waals surface area (Å²) in [5, 5.41) is 3.66. The molecule has 2 nitrogen and oxygen atoms in total. The minimum absolute atomic E-state index is 0.345. The Balaban J connectivity index is 2.35. The molecule has 1 fully saturated rings. The van der Waals surface area contributed by atoms with Crippen LogP contribution in [-0.4, -0.2) is 36.1 Å². The Labute approximate surface area is 102 Å². The number of nitrogens with zero attached hydrogens (tertiary/aromatic N) is 1. The predicted octanol–water partition coefficient (Wildman–Crippen LogP) is 3.03. The Kier molecular flexibility index (Phi) is 5.77. The van der Waals surface area contributed by atoms with Crippen molar-refractivity contribution in [3.8, 4) is 0 Å². The molecule has 1 N–H and O–H groups in total. The van der Waals surface area contributed by atoms with Crippen molar-refractivity contribution < 1.29 is 0 Å². The van der Waals surface area contributed by atoms with Gasteiger partial charge in [-0.2, -0.15) is 0 Å². The highest BCUT2D eigenvalue weighted by Crippen LogP contribution is 2.19. The lowest BCUT2D eigenvalue weighted by Gasteiger charge is -2.43. The van der Waals surface area contributed by atoms with Crippen molar-refractivity contribution in [2.45, 2.75) is 71.4 Å². The zero-order chi connectivity index (χ0) is 12.0. The molecule has 16 heavy (non-hydrogen) atoms. The molecule has 2 heteroatoms. The highest BCUT2D eigenvalue weighted by atomic mass is 15.2. The minimum Gasteiger partial charge on any atom is -0.309 e. The Bertz CT molecular complexity index is 193. The van der Waals surface area contributed by atoms with Crippen LogP contribution in [0.2, 0.25) is 0 Å². The number of unbranched alkanes of at least 4 members (excludes halogenated alkanes) is 2. The van der Waals surface area contributed by atoms with Gasteiger partial charge in [-0.3, -0.25) is 4.90 Å². The lowest BCUT2D eigenvalue weighted by atomic mass is 9.94. The van der Waals surface area contributed by atoms with Crippen molar-refractivity contribution in [2.75, 3.05) is 19.6 Å². The van der Waals surface area contributed by atoms with Gasteiger partial charge < -0.3 is 5.32 Å². The van der Waals surface area contributed by atoms with Gasteiger partial charge in [-0.15, -0.1) is 0 Å². The topological polar surface area (TPSA) is 15.3 Å². The van der Waals surface area contributed by atoms with Gasteiger partial charge in [0.15, 0.2) is 0 Å². The summed E-state index contributed by atoms with van der Waals surface area (Å²) in [5.41, 5.74) is 0.345. The zero-order valence-electron chi connectivity index (χ0n) is 11.7. The van der Waals surface area contributed by atoms with E-state index >= 15 is 0 Å². The van der Waals surface area contributed by atoms with E-state index in [1.807, 2.05) is 0 Å². The summed E-state index contributed by atoms with van der Waals surface area (Å²) in [5.74, 6) is 0. The average molecular weight is 226 g/mol. The van der Waals surface area contributed by atoms with Crippen LogP contribution in [0, 0.1) is 0 Å². The van der Waals surface area contributed by atoms with Gasteiger partial charge in [0.05, 0.1) is 0 Å². The summed E-state index contributed by atoms with van der Waals surface area (Å²) in [4.78, 5) is 2.68. The molecule has 1 saturated heterocycles. The molecule has 0 saturated carbocycles. The fourth-order valence-corrected chi connectivity index (χ4v) is 2.57. The molecule has 1 heterocycles. The number of nitrogens with one attached hydrogen (secondary N) is 1. The van der Waals surface area contributed by atoms with Crippen LogP contribution in [0.3, 0.4) is 0 Å². The Hall–Kier alpha value is -0.0800. The molecule has 0 spiro atoms. The molecule has 0 aromatic carbocycles. The van der Waals surface area contributed by atoms with Crippen LogP contribution in [0.5, 0.6) is 0 Å². The van der Waals surface area contributed by atoms with E-state index in [0.717, 1.165) is 12.6 Å². The fraction of sp³-hybridized carbons (Fsp3) is 1.00. The van der Waals surface area contributed by atoms with Gasteiger partial charge in [0.2, 0.25) is 0 Å². The van der Waals surface area contributed by atoms with E-state index in [2.05, 4.69) is 37.9 Å². The summed E-state index contributed by atoms with van der Waals surface area (Å²) in [7, 11) is 0. The van der Waals surface area contributed by atoms with E-state index < -0.39 is 0 Å². The van der Waals surface area contributed by atoms with Gasteiger partial charge >= 0.3 is 0 Å². The van der Waals surface area contributed by atoms with Crippen molar-refractivity contribution in [1.29, 1.82) is 0 Å². The molecule has 2 unspecified atom stereocenters. The second-order valence-corrected chi connectivity index (χ2v) is 5.66. The summed E-state index contributed by atoms with van der Waals surface area (Å²) >= 11 is 0. The van der Waals surface area contributed by atoms with Gasteiger partial charge in [-0.1, -0.05) is 33.1 Å². The third kappa shape index (κ3) is 4.06. The third-order valence-electron chi connectivity index (χ3n) is 4.13.